The zero-order valence-corrected chi connectivity index (χ0v) is 14.4. The fraction of sp³-hybridized carbons (Fsp3) is 0.500. The van der Waals surface area contributed by atoms with Gasteiger partial charge < -0.3 is 19.7 Å². The van der Waals surface area contributed by atoms with Gasteiger partial charge in [0, 0.05) is 31.5 Å². The van der Waals surface area contributed by atoms with Gasteiger partial charge in [0.25, 0.3) is 5.91 Å². The topological polar surface area (TPSA) is 88.2 Å². The molecule has 0 unspecified atom stereocenters. The average molecular weight is 359 g/mol. The fourth-order valence-corrected chi connectivity index (χ4v) is 3.66. The molecule has 0 aromatic heterocycles. The van der Waals surface area contributed by atoms with Crippen molar-refractivity contribution in [3.63, 3.8) is 0 Å². The number of carbonyl (C=O) groups excluding carboxylic acids is 3. The molecule has 0 aliphatic carbocycles. The summed E-state index contributed by atoms with van der Waals surface area (Å²) in [5.41, 5.74) is 1.18. The molecule has 3 aliphatic heterocycles. The maximum Gasteiger partial charge on any atom is 0.324 e. The SMILES string of the molecule is O=C(c1ccccc1CN1C(=O)CNC1=O)N1CCC2(CC1)OCCO2. The molecule has 8 heteroatoms. The summed E-state index contributed by atoms with van der Waals surface area (Å²) in [6, 6.07) is 6.68. The average Bonchev–Trinajstić information content (AvgIpc) is 3.24. The number of amides is 4. The highest BCUT2D eigenvalue weighted by Crippen LogP contribution is 2.32. The van der Waals surface area contributed by atoms with E-state index in [1.807, 2.05) is 0 Å². The minimum atomic E-state index is -0.531. The molecule has 1 N–H and O–H groups in total. The van der Waals surface area contributed by atoms with E-state index in [0.29, 0.717) is 50.3 Å². The van der Waals surface area contributed by atoms with Crippen molar-refractivity contribution >= 4 is 17.8 Å². The second kappa shape index (κ2) is 6.69. The monoisotopic (exact) mass is 359 g/mol. The number of likely N-dealkylation sites (tertiary alicyclic amines) is 1. The van der Waals surface area contributed by atoms with Crippen molar-refractivity contribution in [2.75, 3.05) is 32.8 Å². The van der Waals surface area contributed by atoms with Crippen LogP contribution in [0.25, 0.3) is 0 Å². The Morgan fingerprint density at radius 1 is 1.12 bits per heavy atom. The number of urea groups is 1. The summed E-state index contributed by atoms with van der Waals surface area (Å²) in [4.78, 5) is 39.5. The summed E-state index contributed by atoms with van der Waals surface area (Å²) >= 11 is 0. The predicted octanol–water partition coefficient (Wildman–Crippen LogP) is 0.717. The fourth-order valence-electron chi connectivity index (χ4n) is 3.66. The molecule has 4 amide bonds. The smallest absolute Gasteiger partial charge is 0.324 e. The third-order valence-corrected chi connectivity index (χ3v) is 5.14. The first-order chi connectivity index (χ1) is 12.6. The number of rotatable bonds is 3. The second-order valence-corrected chi connectivity index (χ2v) is 6.70. The first kappa shape index (κ1) is 17.0. The first-order valence-corrected chi connectivity index (χ1v) is 8.81. The number of hydrogen-bond acceptors (Lipinski definition) is 5. The number of nitrogens with zero attached hydrogens (tertiary/aromatic N) is 2. The molecule has 1 aromatic rings. The minimum Gasteiger partial charge on any atom is -0.347 e. The zero-order chi connectivity index (χ0) is 18.1. The molecule has 0 bridgehead atoms. The quantitative estimate of drug-likeness (QED) is 0.804. The Labute approximate surface area is 151 Å². The van der Waals surface area contributed by atoms with Crippen molar-refractivity contribution in [2.45, 2.75) is 25.2 Å². The van der Waals surface area contributed by atoms with Crippen molar-refractivity contribution in [3.8, 4) is 0 Å². The van der Waals surface area contributed by atoms with Gasteiger partial charge in [0.1, 0.15) is 0 Å². The summed E-state index contributed by atoms with van der Waals surface area (Å²) < 4.78 is 11.4. The van der Waals surface area contributed by atoms with Crippen LogP contribution in [-0.2, 0) is 20.8 Å². The number of imide groups is 1. The number of carbonyl (C=O) groups is 3. The summed E-state index contributed by atoms with van der Waals surface area (Å²) in [5, 5.41) is 2.49. The third kappa shape index (κ3) is 3.06. The van der Waals surface area contributed by atoms with Gasteiger partial charge in [-0.25, -0.2) is 4.79 Å². The van der Waals surface area contributed by atoms with E-state index in [4.69, 9.17) is 9.47 Å². The van der Waals surface area contributed by atoms with Crippen LogP contribution in [0.1, 0.15) is 28.8 Å². The highest BCUT2D eigenvalue weighted by Gasteiger charge is 2.41. The molecule has 3 saturated heterocycles. The van der Waals surface area contributed by atoms with E-state index in [1.165, 1.54) is 0 Å². The van der Waals surface area contributed by atoms with Crippen LogP contribution in [0.3, 0.4) is 0 Å². The lowest BCUT2D eigenvalue weighted by molar-refractivity contribution is -0.181. The van der Waals surface area contributed by atoms with E-state index < -0.39 is 11.8 Å². The van der Waals surface area contributed by atoms with Crippen LogP contribution >= 0.6 is 0 Å². The highest BCUT2D eigenvalue weighted by atomic mass is 16.7. The van der Waals surface area contributed by atoms with Gasteiger partial charge in [-0.05, 0) is 11.6 Å². The molecule has 3 heterocycles. The van der Waals surface area contributed by atoms with Crippen molar-refractivity contribution in [1.29, 1.82) is 0 Å². The minimum absolute atomic E-state index is 0.00313. The number of benzene rings is 1. The van der Waals surface area contributed by atoms with Gasteiger partial charge in [-0.2, -0.15) is 0 Å². The van der Waals surface area contributed by atoms with E-state index in [1.54, 1.807) is 29.2 Å². The van der Waals surface area contributed by atoms with Crippen LogP contribution in [-0.4, -0.2) is 66.3 Å². The maximum absolute atomic E-state index is 13.0. The third-order valence-electron chi connectivity index (χ3n) is 5.14. The maximum atomic E-state index is 13.0. The van der Waals surface area contributed by atoms with Crippen LogP contribution in [0, 0.1) is 0 Å². The molecule has 0 atom stereocenters. The van der Waals surface area contributed by atoms with Crippen molar-refractivity contribution < 1.29 is 23.9 Å². The predicted molar refractivity (Wildman–Crippen MR) is 90.2 cm³/mol. The van der Waals surface area contributed by atoms with Crippen molar-refractivity contribution in [3.05, 3.63) is 35.4 Å². The van der Waals surface area contributed by atoms with E-state index in [2.05, 4.69) is 5.32 Å². The Bertz CT molecular complexity index is 718. The molecule has 26 heavy (non-hydrogen) atoms. The van der Waals surface area contributed by atoms with Crippen LogP contribution in [0.5, 0.6) is 0 Å². The Morgan fingerprint density at radius 2 is 1.81 bits per heavy atom. The second-order valence-electron chi connectivity index (χ2n) is 6.70. The lowest BCUT2D eigenvalue weighted by Gasteiger charge is -2.37. The molecule has 8 nitrogen and oxygen atoms in total. The molecule has 3 fully saturated rings. The number of nitrogens with one attached hydrogen (secondary N) is 1. The summed E-state index contributed by atoms with van der Waals surface area (Å²) in [6.45, 7) is 2.40. The van der Waals surface area contributed by atoms with Gasteiger partial charge in [-0.1, -0.05) is 18.2 Å². The van der Waals surface area contributed by atoms with Gasteiger partial charge in [0.05, 0.1) is 26.3 Å². The van der Waals surface area contributed by atoms with Crippen molar-refractivity contribution in [2.24, 2.45) is 0 Å². The lowest BCUT2D eigenvalue weighted by atomic mass is 10.0. The van der Waals surface area contributed by atoms with Crippen LogP contribution in [0.15, 0.2) is 24.3 Å². The lowest BCUT2D eigenvalue weighted by Crippen LogP contribution is -2.47. The molecule has 0 radical (unpaired) electrons. The standard InChI is InChI=1S/C18H21N3O5/c22-15-11-19-17(24)21(15)12-13-3-1-2-4-14(13)16(23)20-7-5-18(6-8-20)25-9-10-26-18/h1-4H,5-12H2,(H,19,24). The van der Waals surface area contributed by atoms with E-state index in [9.17, 15) is 14.4 Å². The molecular formula is C18H21N3O5. The van der Waals surface area contributed by atoms with Gasteiger partial charge >= 0.3 is 6.03 Å². The normalized spacial score (nSPS) is 22.2. The molecule has 1 spiro atoms. The number of piperidine rings is 1. The molecule has 4 rings (SSSR count). The van der Waals surface area contributed by atoms with Crippen LogP contribution < -0.4 is 5.32 Å². The molecular weight excluding hydrogens is 338 g/mol. The zero-order valence-electron chi connectivity index (χ0n) is 14.4. The van der Waals surface area contributed by atoms with Crippen LogP contribution in [0.4, 0.5) is 4.79 Å². The largest absolute Gasteiger partial charge is 0.347 e. The van der Waals surface area contributed by atoms with E-state index in [-0.39, 0.29) is 24.9 Å². The van der Waals surface area contributed by atoms with E-state index >= 15 is 0 Å². The van der Waals surface area contributed by atoms with Crippen molar-refractivity contribution in [1.82, 2.24) is 15.1 Å². The summed E-state index contributed by atoms with van der Waals surface area (Å²) in [7, 11) is 0. The van der Waals surface area contributed by atoms with Gasteiger partial charge in [0.2, 0.25) is 5.91 Å². The molecule has 138 valence electrons. The van der Waals surface area contributed by atoms with Gasteiger partial charge in [-0.15, -0.1) is 0 Å². The van der Waals surface area contributed by atoms with E-state index in [0.717, 1.165) is 4.90 Å². The Morgan fingerprint density at radius 3 is 2.46 bits per heavy atom. The Kier molecular flexibility index (Phi) is 4.37. The first-order valence-electron chi connectivity index (χ1n) is 8.81. The molecule has 0 saturated carbocycles. The van der Waals surface area contributed by atoms with Gasteiger partial charge in [-0.3, -0.25) is 14.5 Å². The highest BCUT2D eigenvalue weighted by molar-refractivity contribution is 6.02. The number of ether oxygens (including phenoxy) is 2. The Balaban J connectivity index is 1.48. The van der Waals surface area contributed by atoms with Crippen LogP contribution in [0.2, 0.25) is 0 Å². The molecule has 1 aromatic carbocycles. The summed E-state index contributed by atoms with van der Waals surface area (Å²) in [5.74, 6) is -0.913. The number of hydrogen-bond donors (Lipinski definition) is 1. The Hall–Kier alpha value is -2.45. The summed E-state index contributed by atoms with van der Waals surface area (Å²) in [6.07, 6.45) is 1.29. The van der Waals surface area contributed by atoms with Gasteiger partial charge in [0.15, 0.2) is 5.79 Å². The molecule has 3 aliphatic rings.